The minimum atomic E-state index is -2.75. The number of hydrogen-bond donors (Lipinski definition) is 3. The molecule has 0 bridgehead atoms. The van der Waals surface area contributed by atoms with Gasteiger partial charge in [-0.3, -0.25) is 4.79 Å². The lowest BCUT2D eigenvalue weighted by molar-refractivity contribution is -0.110. The first-order valence-corrected chi connectivity index (χ1v) is 4.02. The van der Waals surface area contributed by atoms with Crippen LogP contribution in [-0.2, 0) is 15.1 Å². The van der Waals surface area contributed by atoms with Gasteiger partial charge < -0.3 is 16.2 Å². The van der Waals surface area contributed by atoms with E-state index >= 15 is 0 Å². The summed E-state index contributed by atoms with van der Waals surface area (Å²) in [4.78, 5) is 10.3. The average molecular weight is 190 g/mol. The molecule has 0 aromatic heterocycles. The van der Waals surface area contributed by atoms with Crippen molar-refractivity contribution in [1.82, 2.24) is 5.32 Å². The van der Waals surface area contributed by atoms with Gasteiger partial charge in [0.2, 0.25) is 16.1 Å². The van der Waals surface area contributed by atoms with E-state index in [2.05, 4.69) is 5.32 Å². The van der Waals surface area contributed by atoms with Crippen molar-refractivity contribution in [2.75, 3.05) is 0 Å². The minimum absolute atomic E-state index is 0.237. The van der Waals surface area contributed by atoms with E-state index in [0.717, 1.165) is 6.20 Å². The summed E-state index contributed by atoms with van der Waals surface area (Å²) in [5.41, 5.74) is 4.88. The normalized spacial score (nSPS) is 23.1. The second kappa shape index (κ2) is 2.95. The molecule has 0 saturated heterocycles. The Morgan fingerprint density at radius 2 is 2.17 bits per heavy atom. The predicted octanol–water partition coefficient (Wildman–Crippen LogP) is -2.67. The van der Waals surface area contributed by atoms with Gasteiger partial charge in [0.05, 0.1) is 5.70 Å². The molecule has 0 aromatic carbocycles. The van der Waals surface area contributed by atoms with Crippen molar-refractivity contribution in [3.8, 4) is 0 Å². The van der Waals surface area contributed by atoms with E-state index < -0.39 is 27.2 Å². The van der Waals surface area contributed by atoms with E-state index in [1.807, 2.05) is 0 Å². The third-order valence-corrected chi connectivity index (χ3v) is 2.08. The van der Waals surface area contributed by atoms with E-state index in [0.29, 0.717) is 0 Å². The van der Waals surface area contributed by atoms with Crippen LogP contribution < -0.4 is 11.1 Å². The fraction of sp³-hybridized carbons (Fsp3) is 0.200. The molecule has 1 rings (SSSR count). The predicted molar refractivity (Wildman–Crippen MR) is 40.3 cm³/mol. The molecule has 0 aromatic rings. The van der Waals surface area contributed by atoms with Crippen molar-refractivity contribution in [2.45, 2.75) is 6.23 Å². The molecule has 66 valence electrons. The Morgan fingerprint density at radius 1 is 1.58 bits per heavy atom. The van der Waals surface area contributed by atoms with Crippen molar-refractivity contribution in [1.29, 1.82) is 0 Å². The van der Waals surface area contributed by atoms with Crippen molar-refractivity contribution >= 4 is 20.9 Å². The van der Waals surface area contributed by atoms with Gasteiger partial charge in [-0.15, -0.1) is 0 Å². The number of aliphatic hydroxyl groups is 1. The second-order valence-electron chi connectivity index (χ2n) is 2.10. The van der Waals surface area contributed by atoms with Crippen LogP contribution in [0, 0.1) is 0 Å². The zero-order valence-electron chi connectivity index (χ0n) is 5.81. The highest BCUT2D eigenvalue weighted by Gasteiger charge is 2.27. The molecule has 4 N–H and O–H groups in total. The third kappa shape index (κ3) is 1.31. The van der Waals surface area contributed by atoms with Crippen LogP contribution in [0.4, 0.5) is 0 Å². The minimum Gasteiger partial charge on any atom is -0.394 e. The number of rotatable bonds is 0. The van der Waals surface area contributed by atoms with Gasteiger partial charge in [-0.2, -0.15) is 8.42 Å². The number of carbonyl (C=O) groups is 1. The van der Waals surface area contributed by atoms with Gasteiger partial charge >= 0.3 is 0 Å². The number of aliphatic hydroxyl groups excluding tert-OH is 1. The average Bonchev–Trinajstić information content (AvgIpc) is 1.97. The second-order valence-corrected chi connectivity index (χ2v) is 3.01. The lowest BCUT2D eigenvalue weighted by Gasteiger charge is -2.15. The number of allylic oxidation sites excluding steroid dienone is 1. The first kappa shape index (κ1) is 8.75. The molecule has 6 nitrogen and oxygen atoms in total. The molecule has 1 aliphatic rings. The molecule has 12 heavy (non-hydrogen) atoms. The number of hydrogen-bond acceptors (Lipinski definition) is 6. The lowest BCUT2D eigenvalue weighted by atomic mass is 10.1. The van der Waals surface area contributed by atoms with Gasteiger partial charge in [0.15, 0.2) is 11.1 Å². The first-order chi connectivity index (χ1) is 5.54. The smallest absolute Gasteiger partial charge is 0.226 e. The molecule has 0 aliphatic carbocycles. The Morgan fingerprint density at radius 3 is 2.58 bits per heavy atom. The molecule has 7 heteroatoms. The van der Waals surface area contributed by atoms with Gasteiger partial charge in [0.25, 0.3) is 0 Å². The summed E-state index contributed by atoms with van der Waals surface area (Å²) in [7, 11) is -2.75. The molecule has 1 aliphatic heterocycles. The van der Waals surface area contributed by atoms with Gasteiger partial charge in [-0.05, 0) is 0 Å². The van der Waals surface area contributed by atoms with Crippen LogP contribution in [0.15, 0.2) is 11.9 Å². The standard InChI is InChI=1S/C5H6N2O4S/c6-2-1-7-5(9)4(3(2)8)12(10)11/h1,5,7,9H,6H2. The summed E-state index contributed by atoms with van der Waals surface area (Å²) in [6, 6.07) is 0. The van der Waals surface area contributed by atoms with Gasteiger partial charge in [0.1, 0.15) is 0 Å². The van der Waals surface area contributed by atoms with Crippen LogP contribution in [0.3, 0.4) is 0 Å². The van der Waals surface area contributed by atoms with Gasteiger partial charge in [-0.25, -0.2) is 0 Å². The Bertz CT molecular complexity index is 372. The van der Waals surface area contributed by atoms with Crippen LogP contribution in [0.1, 0.15) is 0 Å². The van der Waals surface area contributed by atoms with Gasteiger partial charge in [0, 0.05) is 6.20 Å². The summed E-state index contributed by atoms with van der Waals surface area (Å²) in [5.74, 6) is -0.866. The molecule has 0 spiro atoms. The molecular formula is C5H6N2O4S. The van der Waals surface area contributed by atoms with Crippen molar-refractivity contribution < 1.29 is 18.3 Å². The molecule has 1 atom stereocenters. The Balaban J connectivity index is 3.30. The number of nitrogens with two attached hydrogens (primary N) is 1. The van der Waals surface area contributed by atoms with Crippen LogP contribution in [0.5, 0.6) is 0 Å². The summed E-state index contributed by atoms with van der Waals surface area (Å²) >= 11 is 0. The van der Waals surface area contributed by atoms with Crippen LogP contribution in [0.2, 0.25) is 0 Å². The van der Waals surface area contributed by atoms with Crippen LogP contribution in [-0.4, -0.2) is 30.4 Å². The summed E-state index contributed by atoms with van der Waals surface area (Å²) in [5, 5.41) is 11.2. The molecule has 0 amide bonds. The SMILES string of the molecule is NC1=CNC(O)C(=S(=O)=O)C1=O. The molecule has 0 fully saturated rings. The fourth-order valence-electron chi connectivity index (χ4n) is 0.743. The Hall–Kier alpha value is -1.34. The molecule has 0 radical (unpaired) electrons. The maximum absolute atomic E-state index is 11.0. The van der Waals surface area contributed by atoms with Crippen molar-refractivity contribution in [2.24, 2.45) is 5.73 Å². The van der Waals surface area contributed by atoms with E-state index in [4.69, 9.17) is 10.8 Å². The number of carbonyl (C=O) groups excluding carboxylic acids is 1. The van der Waals surface area contributed by atoms with E-state index in [9.17, 15) is 13.2 Å². The van der Waals surface area contributed by atoms with Gasteiger partial charge in [-0.1, -0.05) is 0 Å². The zero-order valence-corrected chi connectivity index (χ0v) is 6.63. The fourth-order valence-corrected chi connectivity index (χ4v) is 1.26. The number of nitrogens with one attached hydrogen (secondary N) is 1. The zero-order chi connectivity index (χ0) is 9.30. The number of Topliss-reactive ketones (excluding diaryl/α,β-unsaturated/α-hetero) is 1. The molecule has 1 unspecified atom stereocenters. The molecular weight excluding hydrogens is 184 g/mol. The summed E-state index contributed by atoms with van der Waals surface area (Å²) in [6.45, 7) is 0. The number of ketones is 1. The summed E-state index contributed by atoms with van der Waals surface area (Å²) in [6.07, 6.45) is -0.438. The summed E-state index contributed by atoms with van der Waals surface area (Å²) < 4.78 is 20.8. The maximum Gasteiger partial charge on any atom is 0.226 e. The quantitative estimate of drug-likeness (QED) is 0.359. The lowest BCUT2D eigenvalue weighted by Crippen LogP contribution is -2.45. The topological polar surface area (TPSA) is 109 Å². The monoisotopic (exact) mass is 190 g/mol. The largest absolute Gasteiger partial charge is 0.394 e. The highest BCUT2D eigenvalue weighted by atomic mass is 32.2. The van der Waals surface area contributed by atoms with E-state index in [1.54, 1.807) is 0 Å². The van der Waals surface area contributed by atoms with Crippen molar-refractivity contribution in [3.63, 3.8) is 0 Å². The van der Waals surface area contributed by atoms with E-state index in [-0.39, 0.29) is 5.70 Å². The highest BCUT2D eigenvalue weighted by molar-refractivity contribution is 7.75. The molecule has 0 saturated carbocycles. The van der Waals surface area contributed by atoms with Crippen molar-refractivity contribution in [3.05, 3.63) is 11.9 Å². The van der Waals surface area contributed by atoms with Crippen LogP contribution >= 0.6 is 0 Å². The Kier molecular flexibility index (Phi) is 2.15. The maximum atomic E-state index is 11.0. The highest BCUT2D eigenvalue weighted by Crippen LogP contribution is 1.98. The third-order valence-electron chi connectivity index (χ3n) is 1.31. The molecule has 1 heterocycles. The first-order valence-electron chi connectivity index (χ1n) is 2.94. The van der Waals surface area contributed by atoms with E-state index in [1.165, 1.54) is 0 Å². The Labute approximate surface area is 69.2 Å². The van der Waals surface area contributed by atoms with Crippen LogP contribution in [0.25, 0.3) is 0 Å².